The lowest BCUT2D eigenvalue weighted by Crippen LogP contribution is -1.92. The minimum absolute atomic E-state index is 0.538. The highest BCUT2D eigenvalue weighted by atomic mass is 32.2. The number of rotatable bonds is 5. The van der Waals surface area contributed by atoms with Gasteiger partial charge < -0.3 is 10.5 Å². The van der Waals surface area contributed by atoms with E-state index in [9.17, 15) is 0 Å². The molecule has 0 heterocycles. The van der Waals surface area contributed by atoms with Crippen LogP contribution in [0.5, 0.6) is 0 Å². The Hall–Kier alpha value is -1.18. The van der Waals surface area contributed by atoms with Crippen LogP contribution in [0.3, 0.4) is 0 Å². The van der Waals surface area contributed by atoms with Gasteiger partial charge in [0.1, 0.15) is 6.07 Å². The van der Waals surface area contributed by atoms with Gasteiger partial charge in [0.05, 0.1) is 11.3 Å². The zero-order chi connectivity index (χ0) is 11.1. The van der Waals surface area contributed by atoms with Gasteiger partial charge in [-0.15, -0.1) is 11.8 Å². The maximum atomic E-state index is 8.70. The van der Waals surface area contributed by atoms with Crippen molar-refractivity contribution in [3.05, 3.63) is 23.8 Å². The van der Waals surface area contributed by atoms with Crippen LogP contribution in [0, 0.1) is 11.3 Å². The Morgan fingerprint density at radius 1 is 1.53 bits per heavy atom. The van der Waals surface area contributed by atoms with E-state index in [1.807, 2.05) is 18.2 Å². The van der Waals surface area contributed by atoms with Crippen molar-refractivity contribution in [1.82, 2.24) is 0 Å². The number of hydrogen-bond donors (Lipinski definition) is 1. The van der Waals surface area contributed by atoms with Crippen LogP contribution in [-0.4, -0.2) is 19.5 Å². The Bertz CT molecular complexity index is 360. The van der Waals surface area contributed by atoms with Crippen LogP contribution in [0.2, 0.25) is 0 Å². The molecule has 0 saturated heterocycles. The number of thioether (sulfide) groups is 1. The average Bonchev–Trinajstić information content (AvgIpc) is 2.25. The first-order valence-corrected chi connectivity index (χ1v) is 5.68. The molecule has 1 rings (SSSR count). The van der Waals surface area contributed by atoms with Crippen molar-refractivity contribution in [2.75, 3.05) is 25.2 Å². The molecule has 0 aliphatic rings. The summed E-state index contributed by atoms with van der Waals surface area (Å²) < 4.78 is 4.96. The highest BCUT2D eigenvalue weighted by molar-refractivity contribution is 7.99. The molecule has 0 fully saturated rings. The molecule has 0 saturated carbocycles. The molecule has 0 amide bonds. The molecule has 4 heteroatoms. The summed E-state index contributed by atoms with van der Waals surface area (Å²) in [5, 5.41) is 8.70. The van der Waals surface area contributed by atoms with Crippen LogP contribution in [0.25, 0.3) is 0 Å². The molecule has 2 N–H and O–H groups in total. The minimum atomic E-state index is 0.538. The van der Waals surface area contributed by atoms with E-state index in [-0.39, 0.29) is 0 Å². The number of nitrogens with two attached hydrogens (primary N) is 1. The topological polar surface area (TPSA) is 59.0 Å². The highest BCUT2D eigenvalue weighted by Crippen LogP contribution is 2.23. The summed E-state index contributed by atoms with van der Waals surface area (Å²) in [6.07, 6.45) is 1.01. The number of methoxy groups -OCH3 is 1. The van der Waals surface area contributed by atoms with Crippen LogP contribution in [-0.2, 0) is 4.74 Å². The van der Waals surface area contributed by atoms with E-state index in [2.05, 4.69) is 0 Å². The van der Waals surface area contributed by atoms with Gasteiger partial charge in [-0.1, -0.05) is 0 Å². The van der Waals surface area contributed by atoms with Crippen molar-refractivity contribution in [1.29, 1.82) is 5.26 Å². The summed E-state index contributed by atoms with van der Waals surface area (Å²) >= 11 is 1.72. The fourth-order valence-electron chi connectivity index (χ4n) is 1.13. The number of anilines is 1. The van der Waals surface area contributed by atoms with Crippen LogP contribution >= 0.6 is 11.8 Å². The Morgan fingerprint density at radius 3 is 2.93 bits per heavy atom. The molecule has 0 aromatic heterocycles. The van der Waals surface area contributed by atoms with E-state index in [4.69, 9.17) is 15.7 Å². The number of nitrogens with zero attached hydrogens (tertiary/aromatic N) is 1. The summed E-state index contributed by atoms with van der Waals surface area (Å²) in [6.45, 7) is 0.777. The van der Waals surface area contributed by atoms with Crippen molar-refractivity contribution < 1.29 is 4.74 Å². The first-order valence-electron chi connectivity index (χ1n) is 4.69. The molecule has 15 heavy (non-hydrogen) atoms. The van der Waals surface area contributed by atoms with E-state index < -0.39 is 0 Å². The number of hydrogen-bond acceptors (Lipinski definition) is 4. The second-order valence-electron chi connectivity index (χ2n) is 3.06. The molecule has 1 aromatic carbocycles. The summed E-state index contributed by atoms with van der Waals surface area (Å²) in [7, 11) is 1.70. The Kier molecular flexibility index (Phi) is 5.02. The van der Waals surface area contributed by atoms with E-state index in [0.29, 0.717) is 11.3 Å². The SMILES string of the molecule is COCCCSc1ccc(C#N)c(N)c1. The summed E-state index contributed by atoms with van der Waals surface area (Å²) in [4.78, 5) is 1.10. The van der Waals surface area contributed by atoms with Gasteiger partial charge in [-0.25, -0.2) is 0 Å². The van der Waals surface area contributed by atoms with Crippen molar-refractivity contribution in [2.24, 2.45) is 0 Å². The van der Waals surface area contributed by atoms with Crippen LogP contribution in [0.4, 0.5) is 5.69 Å². The van der Waals surface area contributed by atoms with Gasteiger partial charge in [0, 0.05) is 24.4 Å². The average molecular weight is 222 g/mol. The van der Waals surface area contributed by atoms with Crippen LogP contribution < -0.4 is 5.73 Å². The first kappa shape index (κ1) is 11.9. The van der Waals surface area contributed by atoms with E-state index in [0.717, 1.165) is 23.7 Å². The Morgan fingerprint density at radius 2 is 2.33 bits per heavy atom. The van der Waals surface area contributed by atoms with Gasteiger partial charge in [-0.2, -0.15) is 5.26 Å². The number of nitrogen functional groups attached to an aromatic ring is 1. The maximum Gasteiger partial charge on any atom is 0.101 e. The quantitative estimate of drug-likeness (QED) is 0.471. The van der Waals surface area contributed by atoms with Crippen molar-refractivity contribution in [2.45, 2.75) is 11.3 Å². The number of benzene rings is 1. The fraction of sp³-hybridized carbons (Fsp3) is 0.364. The smallest absolute Gasteiger partial charge is 0.101 e. The number of ether oxygens (including phenoxy) is 1. The third-order valence-electron chi connectivity index (χ3n) is 1.91. The van der Waals surface area contributed by atoms with Crippen LogP contribution in [0.15, 0.2) is 23.1 Å². The third kappa shape index (κ3) is 3.82. The van der Waals surface area contributed by atoms with E-state index >= 15 is 0 Å². The minimum Gasteiger partial charge on any atom is -0.398 e. The summed E-state index contributed by atoms with van der Waals surface area (Å²) in [5.41, 5.74) is 6.79. The van der Waals surface area contributed by atoms with Gasteiger partial charge in [-0.3, -0.25) is 0 Å². The molecule has 0 radical (unpaired) electrons. The van der Waals surface area contributed by atoms with Gasteiger partial charge in [0.25, 0.3) is 0 Å². The monoisotopic (exact) mass is 222 g/mol. The molecule has 0 atom stereocenters. The van der Waals surface area contributed by atoms with Crippen molar-refractivity contribution in [3.8, 4) is 6.07 Å². The Labute approximate surface area is 94.2 Å². The summed E-state index contributed by atoms with van der Waals surface area (Å²) in [5.74, 6) is 0.999. The van der Waals surface area contributed by atoms with Gasteiger partial charge in [0.2, 0.25) is 0 Å². The Balaban J connectivity index is 2.49. The fourth-order valence-corrected chi connectivity index (χ4v) is 2.00. The lowest BCUT2D eigenvalue weighted by Gasteiger charge is -2.03. The number of nitriles is 1. The van der Waals surface area contributed by atoms with Gasteiger partial charge in [0.15, 0.2) is 0 Å². The standard InChI is InChI=1S/C11H14N2OS/c1-14-5-2-6-15-10-4-3-9(8-12)11(13)7-10/h3-4,7H,2,5-6,13H2,1H3. The maximum absolute atomic E-state index is 8.70. The van der Waals surface area contributed by atoms with Crippen LogP contribution in [0.1, 0.15) is 12.0 Å². The second-order valence-corrected chi connectivity index (χ2v) is 4.22. The first-order chi connectivity index (χ1) is 7.27. The van der Waals surface area contributed by atoms with Crippen molar-refractivity contribution >= 4 is 17.4 Å². The molecular formula is C11H14N2OS. The molecule has 0 bridgehead atoms. The third-order valence-corrected chi connectivity index (χ3v) is 2.99. The molecule has 80 valence electrons. The molecule has 0 unspecified atom stereocenters. The predicted molar refractivity (Wildman–Crippen MR) is 62.8 cm³/mol. The predicted octanol–water partition coefficient (Wildman–Crippen LogP) is 2.27. The highest BCUT2D eigenvalue weighted by Gasteiger charge is 2.00. The van der Waals surface area contributed by atoms with Gasteiger partial charge in [-0.05, 0) is 24.6 Å². The molecule has 0 spiro atoms. The molecule has 3 nitrogen and oxygen atoms in total. The normalized spacial score (nSPS) is 9.87. The second kappa shape index (κ2) is 6.33. The zero-order valence-electron chi connectivity index (χ0n) is 8.69. The van der Waals surface area contributed by atoms with E-state index in [1.54, 1.807) is 24.9 Å². The molecular weight excluding hydrogens is 208 g/mol. The largest absolute Gasteiger partial charge is 0.398 e. The van der Waals surface area contributed by atoms with Gasteiger partial charge >= 0.3 is 0 Å². The summed E-state index contributed by atoms with van der Waals surface area (Å²) in [6, 6.07) is 7.57. The molecule has 0 aliphatic carbocycles. The van der Waals surface area contributed by atoms with Crippen molar-refractivity contribution in [3.63, 3.8) is 0 Å². The lowest BCUT2D eigenvalue weighted by molar-refractivity contribution is 0.200. The lowest BCUT2D eigenvalue weighted by atomic mass is 10.2. The molecule has 0 aliphatic heterocycles. The molecule has 1 aromatic rings. The van der Waals surface area contributed by atoms with E-state index in [1.165, 1.54) is 0 Å². The zero-order valence-corrected chi connectivity index (χ0v) is 9.51.